The molecule has 1 saturated heterocycles. The average Bonchev–Trinajstić information content (AvgIpc) is 2.56. The molecule has 0 bridgehead atoms. The molecule has 0 saturated carbocycles. The van der Waals surface area contributed by atoms with Crippen molar-refractivity contribution in [3.8, 4) is 0 Å². The van der Waals surface area contributed by atoms with Gasteiger partial charge in [0.1, 0.15) is 5.82 Å². The Balaban J connectivity index is 1.85. The maximum absolute atomic E-state index is 9.29. The lowest BCUT2D eigenvalue weighted by Crippen LogP contribution is -2.44. The Morgan fingerprint density at radius 2 is 2.05 bits per heavy atom. The molecule has 2 heterocycles. The van der Waals surface area contributed by atoms with Gasteiger partial charge in [0.25, 0.3) is 0 Å². The zero-order valence-electron chi connectivity index (χ0n) is 12.5. The number of rotatable bonds is 3. The van der Waals surface area contributed by atoms with Crippen LogP contribution in [0.3, 0.4) is 0 Å². The molecule has 1 aromatic heterocycles. The Bertz CT molecular complexity index is 599. The minimum absolute atomic E-state index is 0.0688. The van der Waals surface area contributed by atoms with Crippen LogP contribution in [0.25, 0.3) is 0 Å². The number of benzene rings is 1. The van der Waals surface area contributed by atoms with Crippen LogP contribution in [0.5, 0.6) is 0 Å². The van der Waals surface area contributed by atoms with E-state index in [1.807, 2.05) is 12.1 Å². The third-order valence-electron chi connectivity index (χ3n) is 4.48. The standard InChI is InChI=1S/C18H22N2O/c1-18(16-6-3-2-4-7-16)9-5-11-20(14-18)17-12-15(13-21)8-10-19-17/h2-4,6-8,10,12,21H,5,9,11,13-14H2,1H3/t18-/m0/s1. The van der Waals surface area contributed by atoms with Gasteiger partial charge in [0, 0.05) is 24.7 Å². The van der Waals surface area contributed by atoms with Gasteiger partial charge < -0.3 is 10.0 Å². The Morgan fingerprint density at radius 3 is 2.81 bits per heavy atom. The van der Waals surface area contributed by atoms with Gasteiger partial charge in [-0.3, -0.25) is 0 Å². The molecule has 2 aromatic rings. The zero-order chi connectivity index (χ0) is 14.7. The van der Waals surface area contributed by atoms with E-state index in [4.69, 9.17) is 0 Å². The summed E-state index contributed by atoms with van der Waals surface area (Å²) in [5, 5.41) is 9.29. The maximum atomic E-state index is 9.29. The molecule has 110 valence electrons. The smallest absolute Gasteiger partial charge is 0.128 e. The molecule has 0 aliphatic carbocycles. The third-order valence-corrected chi connectivity index (χ3v) is 4.48. The second-order valence-corrected chi connectivity index (χ2v) is 6.13. The Kier molecular flexibility index (Phi) is 3.93. The van der Waals surface area contributed by atoms with Gasteiger partial charge in [0.15, 0.2) is 0 Å². The topological polar surface area (TPSA) is 36.4 Å². The van der Waals surface area contributed by atoms with E-state index in [0.717, 1.165) is 30.9 Å². The Morgan fingerprint density at radius 1 is 1.24 bits per heavy atom. The summed E-state index contributed by atoms with van der Waals surface area (Å²) in [7, 11) is 0. The van der Waals surface area contributed by atoms with E-state index in [0.29, 0.717) is 0 Å². The van der Waals surface area contributed by atoms with Gasteiger partial charge in [-0.1, -0.05) is 37.3 Å². The van der Waals surface area contributed by atoms with Crippen LogP contribution in [0.4, 0.5) is 5.82 Å². The lowest BCUT2D eigenvalue weighted by Gasteiger charge is -2.41. The maximum Gasteiger partial charge on any atom is 0.128 e. The molecule has 21 heavy (non-hydrogen) atoms. The van der Waals surface area contributed by atoms with Crippen LogP contribution < -0.4 is 4.90 Å². The van der Waals surface area contributed by atoms with Crippen molar-refractivity contribution in [2.45, 2.75) is 31.8 Å². The molecule has 0 spiro atoms. The first-order chi connectivity index (χ1) is 10.2. The highest BCUT2D eigenvalue weighted by molar-refractivity contribution is 5.43. The van der Waals surface area contributed by atoms with E-state index in [1.54, 1.807) is 6.20 Å². The van der Waals surface area contributed by atoms with Gasteiger partial charge in [-0.05, 0) is 36.1 Å². The summed E-state index contributed by atoms with van der Waals surface area (Å²) in [6, 6.07) is 14.6. The molecule has 0 amide bonds. The van der Waals surface area contributed by atoms with Crippen molar-refractivity contribution >= 4 is 5.82 Å². The molecule has 1 aromatic carbocycles. The molecule has 3 nitrogen and oxygen atoms in total. The van der Waals surface area contributed by atoms with Crippen LogP contribution in [0, 0.1) is 0 Å². The van der Waals surface area contributed by atoms with Crippen molar-refractivity contribution in [1.29, 1.82) is 0 Å². The Labute approximate surface area is 126 Å². The third kappa shape index (κ3) is 2.93. The first-order valence-corrected chi connectivity index (χ1v) is 7.57. The summed E-state index contributed by atoms with van der Waals surface area (Å²) < 4.78 is 0. The molecule has 1 fully saturated rings. The number of nitrogens with zero attached hydrogens (tertiary/aromatic N) is 2. The van der Waals surface area contributed by atoms with E-state index in [9.17, 15) is 5.11 Å². The van der Waals surface area contributed by atoms with E-state index >= 15 is 0 Å². The van der Waals surface area contributed by atoms with E-state index in [-0.39, 0.29) is 12.0 Å². The number of hydrogen-bond acceptors (Lipinski definition) is 3. The van der Waals surface area contributed by atoms with Gasteiger partial charge in [0.2, 0.25) is 0 Å². The number of aromatic nitrogens is 1. The van der Waals surface area contributed by atoms with E-state index in [2.05, 4.69) is 47.1 Å². The lowest BCUT2D eigenvalue weighted by atomic mass is 9.76. The first-order valence-electron chi connectivity index (χ1n) is 7.57. The largest absolute Gasteiger partial charge is 0.392 e. The fraction of sp³-hybridized carbons (Fsp3) is 0.389. The van der Waals surface area contributed by atoms with Crippen molar-refractivity contribution in [2.24, 2.45) is 0 Å². The molecule has 0 radical (unpaired) electrons. The van der Waals surface area contributed by atoms with Crippen LogP contribution in [0.2, 0.25) is 0 Å². The highest BCUT2D eigenvalue weighted by atomic mass is 16.3. The number of anilines is 1. The molecule has 1 N–H and O–H groups in total. The van der Waals surface area contributed by atoms with Crippen LogP contribution in [-0.4, -0.2) is 23.2 Å². The highest BCUT2D eigenvalue weighted by Gasteiger charge is 2.33. The quantitative estimate of drug-likeness (QED) is 0.939. The monoisotopic (exact) mass is 282 g/mol. The zero-order valence-corrected chi connectivity index (χ0v) is 12.5. The molecular weight excluding hydrogens is 260 g/mol. The molecule has 0 unspecified atom stereocenters. The van der Waals surface area contributed by atoms with Crippen LogP contribution in [0.1, 0.15) is 30.9 Å². The van der Waals surface area contributed by atoms with Crippen LogP contribution >= 0.6 is 0 Å². The molecule has 1 aliphatic heterocycles. The second kappa shape index (κ2) is 5.86. The number of aliphatic hydroxyl groups is 1. The SMILES string of the molecule is C[C@]1(c2ccccc2)CCCN(c2cc(CO)ccn2)C1. The van der Waals surface area contributed by atoms with Gasteiger partial charge in [-0.25, -0.2) is 4.98 Å². The summed E-state index contributed by atoms with van der Waals surface area (Å²) in [4.78, 5) is 6.83. The molecular formula is C18H22N2O. The fourth-order valence-corrected chi connectivity index (χ4v) is 3.24. The summed E-state index contributed by atoms with van der Waals surface area (Å²) in [6.45, 7) is 4.41. The van der Waals surface area contributed by atoms with Gasteiger partial charge in [-0.15, -0.1) is 0 Å². The van der Waals surface area contributed by atoms with Crippen molar-refractivity contribution < 1.29 is 5.11 Å². The molecule has 3 rings (SSSR count). The number of piperidine rings is 1. The summed E-state index contributed by atoms with van der Waals surface area (Å²) in [5.41, 5.74) is 2.48. The van der Waals surface area contributed by atoms with Gasteiger partial charge in [-0.2, -0.15) is 0 Å². The molecule has 1 aliphatic rings. The van der Waals surface area contributed by atoms with Gasteiger partial charge in [0.05, 0.1) is 6.61 Å². The predicted molar refractivity (Wildman–Crippen MR) is 85.4 cm³/mol. The summed E-state index contributed by atoms with van der Waals surface area (Å²) in [5.74, 6) is 0.975. The van der Waals surface area contributed by atoms with Gasteiger partial charge >= 0.3 is 0 Å². The normalized spacial score (nSPS) is 22.3. The van der Waals surface area contributed by atoms with Crippen molar-refractivity contribution in [3.63, 3.8) is 0 Å². The fourth-order valence-electron chi connectivity index (χ4n) is 3.24. The van der Waals surface area contributed by atoms with E-state index in [1.165, 1.54) is 12.0 Å². The highest BCUT2D eigenvalue weighted by Crippen LogP contribution is 2.35. The summed E-state index contributed by atoms with van der Waals surface area (Å²) >= 11 is 0. The van der Waals surface area contributed by atoms with Crippen molar-refractivity contribution in [1.82, 2.24) is 4.98 Å². The summed E-state index contributed by atoms with van der Waals surface area (Å²) in [6.07, 6.45) is 4.15. The van der Waals surface area contributed by atoms with Crippen LogP contribution in [-0.2, 0) is 12.0 Å². The Hall–Kier alpha value is -1.87. The first kappa shape index (κ1) is 14.1. The average molecular weight is 282 g/mol. The minimum Gasteiger partial charge on any atom is -0.392 e. The molecule has 1 atom stereocenters. The van der Waals surface area contributed by atoms with Crippen LogP contribution in [0.15, 0.2) is 48.7 Å². The van der Waals surface area contributed by atoms with Crippen molar-refractivity contribution in [3.05, 3.63) is 59.8 Å². The number of hydrogen-bond donors (Lipinski definition) is 1. The predicted octanol–water partition coefficient (Wildman–Crippen LogP) is 3.13. The van der Waals surface area contributed by atoms with E-state index < -0.39 is 0 Å². The number of aliphatic hydroxyl groups excluding tert-OH is 1. The second-order valence-electron chi connectivity index (χ2n) is 6.13. The molecule has 3 heteroatoms. The minimum atomic E-state index is 0.0688. The lowest BCUT2D eigenvalue weighted by molar-refractivity contribution is 0.281. The van der Waals surface area contributed by atoms with Crippen molar-refractivity contribution in [2.75, 3.05) is 18.0 Å². The number of pyridine rings is 1.